The molecule has 0 aliphatic carbocycles. The zero-order valence-corrected chi connectivity index (χ0v) is 42.8. The van der Waals surface area contributed by atoms with Crippen LogP contribution in [-0.2, 0) is 12.2 Å². The third kappa shape index (κ3) is 7.68. The number of rotatable bonds is 6. The number of phenols is 15. The van der Waals surface area contributed by atoms with Gasteiger partial charge in [-0.25, -0.2) is 0 Å². The Bertz CT molecular complexity index is 4110. The van der Waals surface area contributed by atoms with Gasteiger partial charge in [-0.05, 0) is 71.3 Å². The first-order valence-electron chi connectivity index (χ1n) is 25.8. The van der Waals surface area contributed by atoms with Crippen molar-refractivity contribution in [2.45, 2.75) is 72.7 Å². The summed E-state index contributed by atoms with van der Waals surface area (Å²) in [5.74, 6) is -20.2. The van der Waals surface area contributed by atoms with Gasteiger partial charge in [0.2, 0.25) is 0 Å². The Morgan fingerprint density at radius 1 is 0.345 bits per heavy atom. The Hall–Kier alpha value is -10.4. The van der Waals surface area contributed by atoms with Crippen LogP contribution < -0.4 is 23.7 Å². The molecule has 11 atom stereocenters. The van der Waals surface area contributed by atoms with E-state index in [1.165, 1.54) is 24.3 Å². The van der Waals surface area contributed by atoms with Gasteiger partial charge in [-0.1, -0.05) is 18.2 Å². The molecule has 19 N–H and O–H groups in total. The molecule has 8 aromatic rings. The Morgan fingerprint density at radius 2 is 0.810 bits per heavy atom. The molecule has 0 fully saturated rings. The molecule has 5 aliphatic rings. The number of hydrogen-bond donors (Lipinski definition) is 19. The Labute approximate surface area is 471 Å². The lowest BCUT2D eigenvalue weighted by atomic mass is 9.70. The smallest absolute Gasteiger partial charge is 0.305 e. The summed E-state index contributed by atoms with van der Waals surface area (Å²) in [7, 11) is 0. The summed E-state index contributed by atoms with van der Waals surface area (Å²) in [6.45, 7) is 0. The fourth-order valence-electron chi connectivity index (χ4n) is 12.5. The van der Waals surface area contributed by atoms with E-state index in [9.17, 15) is 97.0 Å². The molecule has 24 heteroatoms. The molecule has 5 aliphatic heterocycles. The number of aliphatic hydroxyl groups excluding tert-OH is 4. The molecule has 0 spiro atoms. The van der Waals surface area contributed by atoms with Crippen molar-refractivity contribution in [3.8, 4) is 115 Å². The van der Waals surface area contributed by atoms with Crippen LogP contribution in [0.4, 0.5) is 0 Å². The molecule has 5 heterocycles. The van der Waals surface area contributed by atoms with E-state index < -0.39 is 193 Å². The number of hydrogen-bond acceptors (Lipinski definition) is 24. The molecule has 8 aromatic carbocycles. The standard InChI is InChI=1S/C60H48O24/c61-23-13-34(71)42-39(14-23)80-55(20-2-6-26(63)31(68)10-20)52(77)48(42)43-36(73)17-40-46(51(43)76)50-47-41(84-60(83-40,59(50)79)22-4-8-28(65)33(70)12-22)18-37(74)45-49(53(78)56(82-58(45)47)21-3-7-27(64)32(69)11-21)44-35(72)16-29(66)24-15-38(75)54(81-57(24)44)19-1-5-25(62)30(67)9-19/h1-14,16-18,38,48-50,52-56,59,61-79H,15H2/t38-,48-,49+,50-,52-,53-,54-,55-,56-,59-,60+/m1/s1. The summed E-state index contributed by atoms with van der Waals surface area (Å²) < 4.78 is 32.4. The van der Waals surface area contributed by atoms with E-state index in [1.807, 2.05) is 0 Å². The molecule has 0 amide bonds. The lowest BCUT2D eigenvalue weighted by Crippen LogP contribution is -2.57. The average Bonchev–Trinajstić information content (AvgIpc) is 1.16. The molecule has 24 nitrogen and oxygen atoms in total. The zero-order valence-electron chi connectivity index (χ0n) is 42.8. The summed E-state index contributed by atoms with van der Waals surface area (Å²) in [5, 5.41) is 218. The summed E-state index contributed by atoms with van der Waals surface area (Å²) in [4.78, 5) is 0. The molecule has 432 valence electrons. The minimum absolute atomic E-state index is 0.0155. The van der Waals surface area contributed by atoms with Crippen molar-refractivity contribution in [1.29, 1.82) is 0 Å². The van der Waals surface area contributed by atoms with Crippen LogP contribution in [0, 0.1) is 0 Å². The SMILES string of the molecule is Oc1cc(O)c2c(c1)O[C@H](c1ccc(O)c(O)c1)[C@H](O)[C@H]2c1c(O)cc2c(c1O)[C@@H]1c3c(cc(O)c4c3O[C@H](c3ccc(O)c(O)c3)[C@H](O)[C@H]4c3c(O)cc(O)c4c3O[C@H](c3ccc(O)c(O)c3)[C@H](O)C4)O[C@](c3ccc(O)c(O)c3)(O2)[C@@H]1O. The largest absolute Gasteiger partial charge is 0.508 e. The van der Waals surface area contributed by atoms with Gasteiger partial charge in [0, 0.05) is 81.3 Å². The lowest BCUT2D eigenvalue weighted by Gasteiger charge is -2.51. The summed E-state index contributed by atoms with van der Waals surface area (Å²) in [6, 6.07) is 18.4. The highest BCUT2D eigenvalue weighted by atomic mass is 16.7. The lowest BCUT2D eigenvalue weighted by molar-refractivity contribution is -0.219. The van der Waals surface area contributed by atoms with Gasteiger partial charge in [-0.2, -0.15) is 0 Å². The minimum atomic E-state index is -2.58. The maximum atomic E-state index is 13.2. The highest BCUT2D eigenvalue weighted by molar-refractivity contribution is 5.74. The fraction of sp³-hybridized carbons (Fsp3) is 0.200. The van der Waals surface area contributed by atoms with Crippen molar-refractivity contribution in [2.75, 3.05) is 0 Å². The van der Waals surface area contributed by atoms with E-state index in [0.717, 1.165) is 78.9 Å². The normalized spacial score (nSPS) is 25.1. The van der Waals surface area contributed by atoms with Crippen molar-refractivity contribution in [2.24, 2.45) is 0 Å². The first-order valence-corrected chi connectivity index (χ1v) is 25.8. The predicted molar refractivity (Wildman–Crippen MR) is 283 cm³/mol. The highest BCUT2D eigenvalue weighted by Crippen LogP contribution is 2.67. The fourth-order valence-corrected chi connectivity index (χ4v) is 12.5. The summed E-state index contributed by atoms with van der Waals surface area (Å²) in [6.07, 6.45) is -12.7. The number of benzene rings is 8. The number of ether oxygens (including phenoxy) is 5. The number of fused-ring (bicyclic) bond motifs is 10. The summed E-state index contributed by atoms with van der Waals surface area (Å²) in [5.41, 5.74) is -2.68. The molecule has 0 unspecified atom stereocenters. The number of aromatic hydroxyl groups is 15. The van der Waals surface area contributed by atoms with E-state index in [4.69, 9.17) is 23.7 Å². The van der Waals surface area contributed by atoms with Gasteiger partial charge < -0.3 is 121 Å². The second-order valence-corrected chi connectivity index (χ2v) is 21.2. The van der Waals surface area contributed by atoms with Crippen LogP contribution in [0.1, 0.15) is 97.3 Å². The van der Waals surface area contributed by atoms with Gasteiger partial charge in [-0.15, -0.1) is 0 Å². The first-order chi connectivity index (χ1) is 40.0. The second kappa shape index (κ2) is 18.6. The van der Waals surface area contributed by atoms with Crippen LogP contribution in [0.2, 0.25) is 0 Å². The second-order valence-electron chi connectivity index (χ2n) is 21.2. The van der Waals surface area contributed by atoms with Crippen molar-refractivity contribution in [3.63, 3.8) is 0 Å². The molecule has 2 bridgehead atoms. The topological polar surface area (TPSA) is 431 Å². The average molecular weight is 1150 g/mol. The third-order valence-corrected chi connectivity index (χ3v) is 16.4. The van der Waals surface area contributed by atoms with Gasteiger partial charge in [0.15, 0.2) is 58.2 Å². The third-order valence-electron chi connectivity index (χ3n) is 16.4. The summed E-state index contributed by atoms with van der Waals surface area (Å²) >= 11 is 0. The van der Waals surface area contributed by atoms with Crippen molar-refractivity contribution >= 4 is 0 Å². The highest BCUT2D eigenvalue weighted by Gasteiger charge is 2.62. The monoisotopic (exact) mass is 1150 g/mol. The molecule has 84 heavy (non-hydrogen) atoms. The number of aliphatic hydroxyl groups is 4. The van der Waals surface area contributed by atoms with Crippen molar-refractivity contribution in [3.05, 3.63) is 164 Å². The first kappa shape index (κ1) is 52.9. The van der Waals surface area contributed by atoms with Crippen LogP contribution in [0.5, 0.6) is 115 Å². The van der Waals surface area contributed by atoms with Gasteiger partial charge in [0.05, 0.1) is 23.9 Å². The van der Waals surface area contributed by atoms with Crippen LogP contribution in [0.15, 0.2) is 103 Å². The van der Waals surface area contributed by atoms with Gasteiger partial charge in [-0.3, -0.25) is 0 Å². The van der Waals surface area contributed by atoms with Crippen molar-refractivity contribution < 1.29 is 121 Å². The number of phenolic OH excluding ortho intramolecular Hbond substituents is 15. The van der Waals surface area contributed by atoms with Gasteiger partial charge in [0.25, 0.3) is 0 Å². The van der Waals surface area contributed by atoms with Crippen LogP contribution >= 0.6 is 0 Å². The van der Waals surface area contributed by atoms with E-state index in [2.05, 4.69) is 0 Å². The molecule has 0 saturated heterocycles. The maximum absolute atomic E-state index is 13.2. The Morgan fingerprint density at radius 3 is 1.38 bits per heavy atom. The molecule has 0 aromatic heterocycles. The quantitative estimate of drug-likeness (QED) is 0.0889. The Kier molecular flexibility index (Phi) is 11.7. The Balaban J connectivity index is 1.08. The van der Waals surface area contributed by atoms with E-state index in [-0.39, 0.29) is 56.0 Å². The van der Waals surface area contributed by atoms with Gasteiger partial charge in [0.1, 0.15) is 93.4 Å². The van der Waals surface area contributed by atoms with Gasteiger partial charge >= 0.3 is 5.79 Å². The molecular weight excluding hydrogens is 1100 g/mol. The van der Waals surface area contributed by atoms with E-state index >= 15 is 0 Å². The molecular formula is C60H48O24. The molecule has 13 rings (SSSR count). The molecule has 0 radical (unpaired) electrons. The van der Waals surface area contributed by atoms with Crippen molar-refractivity contribution in [1.82, 2.24) is 0 Å². The van der Waals surface area contributed by atoms with Crippen LogP contribution in [-0.4, -0.2) is 121 Å². The maximum Gasteiger partial charge on any atom is 0.305 e. The predicted octanol–water partition coefficient (Wildman–Crippen LogP) is 5.69. The van der Waals surface area contributed by atoms with Crippen LogP contribution in [0.25, 0.3) is 0 Å². The van der Waals surface area contributed by atoms with Crippen LogP contribution in [0.3, 0.4) is 0 Å². The van der Waals surface area contributed by atoms with E-state index in [1.54, 1.807) is 0 Å². The minimum Gasteiger partial charge on any atom is -0.508 e. The zero-order chi connectivity index (χ0) is 59.4. The van der Waals surface area contributed by atoms with E-state index in [0.29, 0.717) is 0 Å². The molecule has 0 saturated carbocycles.